The fraction of sp³-hybridized carbons (Fsp3) is 0.400. The number of hydrogen-bond acceptors (Lipinski definition) is 4. The summed E-state index contributed by atoms with van der Waals surface area (Å²) < 4.78 is 20.3. The Morgan fingerprint density at radius 1 is 0.875 bits per heavy atom. The molecule has 0 aliphatic rings. The third kappa shape index (κ3) is 4.16. The lowest BCUT2D eigenvalue weighted by molar-refractivity contribution is 0.140. The van der Waals surface area contributed by atoms with Crippen LogP contribution in [0.25, 0.3) is 0 Å². The van der Waals surface area contributed by atoms with Crippen LogP contribution in [0.3, 0.4) is 0 Å². The van der Waals surface area contributed by atoms with Crippen LogP contribution in [0.15, 0.2) is 30.3 Å². The van der Waals surface area contributed by atoms with Crippen molar-refractivity contribution in [2.45, 2.75) is 0 Å². The Morgan fingerprint density at radius 2 is 1.25 bits per heavy atom. The molecule has 1 rings (SSSR count). The minimum atomic E-state index is -2.59. The molecule has 0 aliphatic heterocycles. The third-order valence-electron chi connectivity index (χ3n) is 1.93. The van der Waals surface area contributed by atoms with Gasteiger partial charge in [-0.1, -0.05) is 30.3 Å². The van der Waals surface area contributed by atoms with Gasteiger partial charge < -0.3 is 17.7 Å². The van der Waals surface area contributed by atoms with Gasteiger partial charge in [0.2, 0.25) is 0 Å². The predicted octanol–water partition coefficient (Wildman–Crippen LogP) is -0.315. The van der Waals surface area contributed by atoms with Gasteiger partial charge in [0.05, 0.1) is 0 Å². The van der Waals surface area contributed by atoms with Crippen molar-refractivity contribution in [1.82, 2.24) is 0 Å². The smallest absolute Gasteiger partial charge is 0.431 e. The zero-order valence-electron chi connectivity index (χ0n) is 10.5. The lowest BCUT2D eigenvalue weighted by Gasteiger charge is -2.24. The molecule has 16 heavy (non-hydrogen) atoms. The molecule has 0 saturated carbocycles. The summed E-state index contributed by atoms with van der Waals surface area (Å²) in [5, 5.41) is 0.975. The van der Waals surface area contributed by atoms with Gasteiger partial charge in [-0.2, -0.15) is 0 Å². The molecule has 92 valence electrons. The second-order valence-corrected chi connectivity index (χ2v) is 6.67. The van der Waals surface area contributed by atoms with Crippen LogP contribution in [-0.4, -0.2) is 47.7 Å². The minimum Gasteiger partial charge on any atom is -0.431 e. The van der Waals surface area contributed by atoms with E-state index in [1.165, 1.54) is 0 Å². The Bertz CT molecular complexity index is 257. The van der Waals surface area contributed by atoms with E-state index in [1.54, 1.807) is 28.4 Å². The first-order valence-corrected chi connectivity index (χ1v) is 7.36. The molecule has 4 nitrogen and oxygen atoms in total. The van der Waals surface area contributed by atoms with Crippen molar-refractivity contribution >= 4 is 24.5 Å². The van der Waals surface area contributed by atoms with Crippen LogP contribution in [0, 0.1) is 0 Å². The van der Waals surface area contributed by atoms with Crippen molar-refractivity contribution in [2.75, 3.05) is 28.4 Å². The Morgan fingerprint density at radius 3 is 1.56 bits per heavy atom. The van der Waals surface area contributed by atoms with Gasteiger partial charge in [0.15, 0.2) is 0 Å². The summed E-state index contributed by atoms with van der Waals surface area (Å²) in [4.78, 5) is 0. The molecule has 0 amide bonds. The Hall–Kier alpha value is -0.506. The van der Waals surface area contributed by atoms with Gasteiger partial charge in [-0.25, -0.2) is 0 Å². The molecule has 1 aromatic carbocycles. The largest absolute Gasteiger partial charge is 0.536 e. The first-order chi connectivity index (χ1) is 7.70. The molecule has 0 spiro atoms. The number of benzene rings is 1. The first-order valence-electron chi connectivity index (χ1n) is 4.81. The van der Waals surface area contributed by atoms with E-state index < -0.39 is 8.80 Å². The number of hydrogen-bond donors (Lipinski definition) is 0. The highest BCUT2D eigenvalue weighted by Gasteiger charge is 2.40. The second kappa shape index (κ2) is 8.62. The zero-order chi connectivity index (χ0) is 12.4. The van der Waals surface area contributed by atoms with Crippen molar-refractivity contribution in [2.24, 2.45) is 0 Å². The van der Waals surface area contributed by atoms with E-state index in [9.17, 15) is 0 Å². The first kappa shape index (κ1) is 15.5. The summed E-state index contributed by atoms with van der Waals surface area (Å²) in [6.45, 7) is 0. The molecule has 0 fully saturated rings. The maximum Gasteiger partial charge on any atom is 0.536 e. The normalized spacial score (nSPS) is 10.8. The minimum absolute atomic E-state index is 0.869. The van der Waals surface area contributed by atoms with Crippen molar-refractivity contribution in [3.63, 3.8) is 0 Å². The van der Waals surface area contributed by atoms with Crippen molar-refractivity contribution in [3.8, 4) is 0 Å². The van der Waals surface area contributed by atoms with E-state index in [2.05, 4.69) is 4.43 Å². The van der Waals surface area contributed by atoms with E-state index in [4.69, 9.17) is 13.3 Å². The summed E-state index contributed by atoms with van der Waals surface area (Å²) >= 11 is 0. The Kier molecular flexibility index (Phi) is 8.35. The van der Waals surface area contributed by atoms with E-state index in [0.717, 1.165) is 15.7 Å². The van der Waals surface area contributed by atoms with Crippen LogP contribution in [0.2, 0.25) is 0 Å². The Labute approximate surface area is 101 Å². The highest BCUT2D eigenvalue weighted by atomic mass is 28.4. The molecular weight excluding hydrogens is 240 g/mol. The molecule has 0 atom stereocenters. The van der Waals surface area contributed by atoms with Gasteiger partial charge >= 0.3 is 8.80 Å². The molecule has 0 heterocycles. The summed E-state index contributed by atoms with van der Waals surface area (Å²) in [5.74, 6) is 0. The molecule has 0 saturated heterocycles. The summed E-state index contributed by atoms with van der Waals surface area (Å²) in [6, 6.07) is 9.72. The lowest BCUT2D eigenvalue weighted by Crippen LogP contribution is -2.54. The molecule has 0 radical (unpaired) electrons. The molecule has 6 heteroatoms. The fourth-order valence-corrected chi connectivity index (χ4v) is 3.05. The molecule has 0 aliphatic carbocycles. The quantitative estimate of drug-likeness (QED) is 0.696. The average molecular weight is 260 g/mol. The maximum absolute atomic E-state index is 5.32. The topological polar surface area (TPSA) is 36.9 Å². The van der Waals surface area contributed by atoms with Crippen LogP contribution in [0.4, 0.5) is 0 Å². The SMILES string of the molecule is CO[SiH3].CO[Si](OC)(OC)c1ccccc1. The molecule has 1 aromatic rings. The van der Waals surface area contributed by atoms with Crippen LogP contribution >= 0.6 is 0 Å². The van der Waals surface area contributed by atoms with Crippen LogP contribution in [0.1, 0.15) is 0 Å². The van der Waals surface area contributed by atoms with Gasteiger partial charge in [0, 0.05) is 33.6 Å². The molecule has 0 aromatic heterocycles. The van der Waals surface area contributed by atoms with Crippen molar-refractivity contribution in [1.29, 1.82) is 0 Å². The molecular formula is C10H20O4Si2. The summed E-state index contributed by atoms with van der Waals surface area (Å²) in [6.07, 6.45) is 0. The fourth-order valence-electron chi connectivity index (χ4n) is 1.25. The lowest BCUT2D eigenvalue weighted by atomic mass is 10.4. The standard InChI is InChI=1S/C9H14O3Si.CH6OSi/c1-10-13(11-2,12-3)9-7-5-4-6-8-9;1-2-3/h4-8H,1-3H3;1,3H3. The van der Waals surface area contributed by atoms with Gasteiger partial charge in [-0.3, -0.25) is 0 Å². The van der Waals surface area contributed by atoms with Gasteiger partial charge in [-0.15, -0.1) is 0 Å². The highest BCUT2D eigenvalue weighted by molar-refractivity contribution is 6.75. The van der Waals surface area contributed by atoms with Crippen LogP contribution < -0.4 is 5.19 Å². The Balaban J connectivity index is 0.000000673. The number of rotatable bonds is 4. The zero-order valence-corrected chi connectivity index (χ0v) is 13.5. The average Bonchev–Trinajstić information content (AvgIpc) is 2.34. The summed E-state index contributed by atoms with van der Waals surface area (Å²) in [5.41, 5.74) is 0. The molecule has 0 N–H and O–H groups in total. The maximum atomic E-state index is 5.32. The van der Waals surface area contributed by atoms with Crippen molar-refractivity contribution < 1.29 is 17.7 Å². The monoisotopic (exact) mass is 260 g/mol. The van der Waals surface area contributed by atoms with Gasteiger partial charge in [0.25, 0.3) is 0 Å². The van der Waals surface area contributed by atoms with E-state index in [-0.39, 0.29) is 0 Å². The van der Waals surface area contributed by atoms with Gasteiger partial charge in [-0.05, 0) is 0 Å². The van der Waals surface area contributed by atoms with E-state index >= 15 is 0 Å². The van der Waals surface area contributed by atoms with Gasteiger partial charge in [0.1, 0.15) is 10.5 Å². The van der Waals surface area contributed by atoms with E-state index in [1.807, 2.05) is 30.3 Å². The van der Waals surface area contributed by atoms with Crippen LogP contribution in [-0.2, 0) is 17.7 Å². The van der Waals surface area contributed by atoms with Crippen molar-refractivity contribution in [3.05, 3.63) is 30.3 Å². The van der Waals surface area contributed by atoms with E-state index in [0.29, 0.717) is 0 Å². The molecule has 0 bridgehead atoms. The second-order valence-electron chi connectivity index (χ2n) is 2.94. The third-order valence-corrected chi connectivity index (χ3v) is 4.59. The summed E-state index contributed by atoms with van der Waals surface area (Å²) in [7, 11) is 4.77. The van der Waals surface area contributed by atoms with Crippen LogP contribution in [0.5, 0.6) is 0 Å². The molecule has 0 unspecified atom stereocenters. The highest BCUT2D eigenvalue weighted by Crippen LogP contribution is 2.05. The predicted molar refractivity (Wildman–Crippen MR) is 69.8 cm³/mol.